The number of ether oxygens (including phenoxy) is 1. The first-order chi connectivity index (χ1) is 15.6. The molecular weight excluding hydrogens is 407 g/mol. The van der Waals surface area contributed by atoms with Crippen molar-refractivity contribution in [2.45, 2.75) is 56.8 Å². The molecule has 0 aromatic heterocycles. The molecule has 2 aliphatic heterocycles. The molecule has 162 valence electrons. The first-order valence-corrected chi connectivity index (χ1v) is 11.0. The lowest BCUT2D eigenvalue weighted by atomic mass is 9.93. The molecule has 1 saturated carbocycles. The summed E-state index contributed by atoms with van der Waals surface area (Å²) in [6.07, 6.45) is 4.29. The summed E-state index contributed by atoms with van der Waals surface area (Å²) in [5, 5.41) is 24.8. The fourth-order valence-corrected chi connectivity index (χ4v) is 5.25. The van der Waals surface area contributed by atoms with E-state index in [9.17, 15) is 14.4 Å². The molecule has 2 fully saturated rings. The number of benzene rings is 2. The predicted octanol–water partition coefficient (Wildman–Crippen LogP) is 3.34. The third kappa shape index (κ3) is 3.70. The maximum Gasteiger partial charge on any atom is 0.238 e. The van der Waals surface area contributed by atoms with E-state index in [0.717, 1.165) is 30.4 Å². The van der Waals surface area contributed by atoms with Gasteiger partial charge in [-0.25, -0.2) is 4.39 Å². The van der Waals surface area contributed by atoms with E-state index in [2.05, 4.69) is 22.8 Å². The second kappa shape index (κ2) is 8.26. The van der Waals surface area contributed by atoms with Gasteiger partial charge in [-0.15, -0.1) is 0 Å². The number of nitriles is 2. The summed E-state index contributed by atoms with van der Waals surface area (Å²) in [6.45, 7) is 0.289. The number of nitrogens with zero attached hydrogens (tertiary/aromatic N) is 2. The summed E-state index contributed by atoms with van der Waals surface area (Å²) >= 11 is 0. The molecule has 0 spiro atoms. The average Bonchev–Trinajstić information content (AvgIpc) is 3.41. The van der Waals surface area contributed by atoms with E-state index in [4.69, 9.17) is 10.00 Å². The molecule has 1 aliphatic carbocycles. The lowest BCUT2D eigenvalue weighted by molar-refractivity contribution is -0.123. The summed E-state index contributed by atoms with van der Waals surface area (Å²) in [5.41, 5.74) is 3.14. The van der Waals surface area contributed by atoms with Crippen molar-refractivity contribution in [3.8, 4) is 29.0 Å². The first-order valence-electron chi connectivity index (χ1n) is 11.0. The van der Waals surface area contributed by atoms with Gasteiger partial charge in [0.25, 0.3) is 0 Å². The van der Waals surface area contributed by atoms with Crippen molar-refractivity contribution in [1.82, 2.24) is 10.6 Å². The SMILES string of the molecule is N#Cc1ccc2c(c1)COc1cc(C[C@@H](C#N)NC(=O)[C@@H]3C[C@@H]4CCC[C@@H]4N3)c(F)cc1-2. The zero-order valence-electron chi connectivity index (χ0n) is 17.5. The van der Waals surface area contributed by atoms with E-state index in [-0.39, 0.29) is 25.0 Å². The Morgan fingerprint density at radius 3 is 2.91 bits per heavy atom. The van der Waals surface area contributed by atoms with Crippen molar-refractivity contribution in [2.24, 2.45) is 5.92 Å². The maximum absolute atomic E-state index is 15.0. The van der Waals surface area contributed by atoms with E-state index in [1.165, 1.54) is 12.5 Å². The third-order valence-corrected chi connectivity index (χ3v) is 6.88. The molecule has 5 rings (SSSR count). The maximum atomic E-state index is 15.0. The van der Waals surface area contributed by atoms with Crippen LogP contribution in [0.4, 0.5) is 4.39 Å². The van der Waals surface area contributed by atoms with Crippen LogP contribution in [0.3, 0.4) is 0 Å². The normalized spacial score (nSPS) is 23.7. The number of halogens is 1. The number of amides is 1. The van der Waals surface area contributed by atoms with E-state index < -0.39 is 11.9 Å². The number of carbonyl (C=O) groups excluding carboxylic acids is 1. The van der Waals surface area contributed by atoms with E-state index >= 15 is 0 Å². The number of carbonyl (C=O) groups is 1. The second-order valence-corrected chi connectivity index (χ2v) is 8.86. The smallest absolute Gasteiger partial charge is 0.238 e. The van der Waals surface area contributed by atoms with Gasteiger partial charge in [0, 0.05) is 18.0 Å². The predicted molar refractivity (Wildman–Crippen MR) is 115 cm³/mol. The molecule has 4 atom stereocenters. The second-order valence-electron chi connectivity index (χ2n) is 8.86. The van der Waals surface area contributed by atoms with Crippen LogP contribution < -0.4 is 15.4 Å². The zero-order chi connectivity index (χ0) is 22.2. The third-order valence-electron chi connectivity index (χ3n) is 6.88. The molecule has 7 heteroatoms. The van der Waals surface area contributed by atoms with Crippen LogP contribution in [0.15, 0.2) is 30.3 Å². The standard InChI is InChI=1S/C25H23FN4O2/c26-21-10-20-19-5-4-14(11-27)6-17(19)13-32-24(20)9-16(21)7-18(12-28)29-25(31)23-8-15-2-1-3-22(15)30-23/h4-6,9-10,15,18,22-23,30H,1-3,7-8,13H2,(H,29,31)/t15-,18-,22-,23-/m0/s1. The van der Waals surface area contributed by atoms with Crippen LogP contribution >= 0.6 is 0 Å². The molecule has 2 N–H and O–H groups in total. The van der Waals surface area contributed by atoms with Crippen molar-refractivity contribution in [3.05, 3.63) is 52.8 Å². The Balaban J connectivity index is 1.31. The average molecular weight is 430 g/mol. The Morgan fingerprint density at radius 2 is 2.12 bits per heavy atom. The minimum absolute atomic E-state index is 0.0600. The molecule has 1 amide bonds. The summed E-state index contributed by atoms with van der Waals surface area (Å²) in [6, 6.07) is 11.7. The van der Waals surface area contributed by atoms with Crippen LogP contribution in [0.25, 0.3) is 11.1 Å². The molecule has 3 aliphatic rings. The van der Waals surface area contributed by atoms with Gasteiger partial charge in [0.1, 0.15) is 24.2 Å². The molecule has 6 nitrogen and oxygen atoms in total. The Bertz CT molecular complexity index is 1150. The minimum atomic E-state index is -0.827. The number of hydrogen-bond donors (Lipinski definition) is 2. The molecule has 2 heterocycles. The van der Waals surface area contributed by atoms with Crippen LogP contribution in [0.5, 0.6) is 5.75 Å². The van der Waals surface area contributed by atoms with Crippen LogP contribution in [0.2, 0.25) is 0 Å². The summed E-state index contributed by atoms with van der Waals surface area (Å²) in [5.74, 6) is 0.427. The van der Waals surface area contributed by atoms with Gasteiger partial charge in [0.2, 0.25) is 5.91 Å². The van der Waals surface area contributed by atoms with Crippen LogP contribution in [-0.4, -0.2) is 24.0 Å². The fourth-order valence-electron chi connectivity index (χ4n) is 5.25. The monoisotopic (exact) mass is 430 g/mol. The van der Waals surface area contributed by atoms with Crippen molar-refractivity contribution >= 4 is 5.91 Å². The van der Waals surface area contributed by atoms with Gasteiger partial charge in [0.05, 0.1) is 23.7 Å². The lowest BCUT2D eigenvalue weighted by Crippen LogP contribution is -2.46. The quantitative estimate of drug-likeness (QED) is 0.775. The van der Waals surface area contributed by atoms with Crippen LogP contribution in [0, 0.1) is 34.4 Å². The summed E-state index contributed by atoms with van der Waals surface area (Å²) in [4.78, 5) is 12.7. The summed E-state index contributed by atoms with van der Waals surface area (Å²) < 4.78 is 20.8. The topological polar surface area (TPSA) is 97.9 Å². The highest BCUT2D eigenvalue weighted by atomic mass is 19.1. The molecule has 0 radical (unpaired) electrons. The molecule has 32 heavy (non-hydrogen) atoms. The minimum Gasteiger partial charge on any atom is -0.488 e. The Hall–Kier alpha value is -3.42. The van der Waals surface area contributed by atoms with Crippen LogP contribution in [0.1, 0.15) is 42.4 Å². The highest BCUT2D eigenvalue weighted by Gasteiger charge is 2.40. The molecule has 2 aromatic rings. The molecule has 0 unspecified atom stereocenters. The molecule has 1 saturated heterocycles. The molecule has 0 bridgehead atoms. The Labute approximate surface area is 186 Å². The van der Waals surface area contributed by atoms with Crippen molar-refractivity contribution in [2.75, 3.05) is 0 Å². The van der Waals surface area contributed by atoms with Gasteiger partial charge >= 0.3 is 0 Å². The van der Waals surface area contributed by atoms with E-state index in [1.807, 2.05) is 0 Å². The van der Waals surface area contributed by atoms with Gasteiger partial charge in [0.15, 0.2) is 0 Å². The van der Waals surface area contributed by atoms with Gasteiger partial charge in [-0.1, -0.05) is 12.5 Å². The number of hydrogen-bond acceptors (Lipinski definition) is 5. The van der Waals surface area contributed by atoms with E-state index in [0.29, 0.717) is 34.4 Å². The van der Waals surface area contributed by atoms with Crippen molar-refractivity contribution in [1.29, 1.82) is 10.5 Å². The van der Waals surface area contributed by atoms with Crippen LogP contribution in [-0.2, 0) is 17.8 Å². The summed E-state index contributed by atoms with van der Waals surface area (Å²) in [7, 11) is 0. The van der Waals surface area contributed by atoms with Gasteiger partial charge in [-0.05, 0) is 66.1 Å². The van der Waals surface area contributed by atoms with Gasteiger partial charge in [-0.3, -0.25) is 4.79 Å². The zero-order valence-corrected chi connectivity index (χ0v) is 17.5. The lowest BCUT2D eigenvalue weighted by Gasteiger charge is -2.23. The van der Waals surface area contributed by atoms with Crippen molar-refractivity contribution in [3.63, 3.8) is 0 Å². The first kappa shape index (κ1) is 20.5. The van der Waals surface area contributed by atoms with E-state index in [1.54, 1.807) is 24.3 Å². The fraction of sp³-hybridized carbons (Fsp3) is 0.400. The van der Waals surface area contributed by atoms with Gasteiger partial charge < -0.3 is 15.4 Å². The largest absolute Gasteiger partial charge is 0.488 e. The Kier molecular flexibility index (Phi) is 5.28. The molecular formula is C25H23FN4O2. The molecule has 2 aromatic carbocycles. The number of rotatable bonds is 4. The Morgan fingerprint density at radius 1 is 1.25 bits per heavy atom. The van der Waals surface area contributed by atoms with Crippen molar-refractivity contribution < 1.29 is 13.9 Å². The number of fused-ring (bicyclic) bond motifs is 4. The highest BCUT2D eigenvalue weighted by Crippen LogP contribution is 2.39. The highest BCUT2D eigenvalue weighted by molar-refractivity contribution is 5.83. The van der Waals surface area contributed by atoms with Gasteiger partial charge in [-0.2, -0.15) is 10.5 Å². The number of nitrogens with one attached hydrogen (secondary N) is 2.